The molecule has 2 N–H and O–H groups in total. The minimum atomic E-state index is -0.179. The average Bonchev–Trinajstić information content (AvgIpc) is 3.23. The van der Waals surface area contributed by atoms with Gasteiger partial charge in [0.15, 0.2) is 10.6 Å². The Kier molecular flexibility index (Phi) is 4.97. The highest BCUT2D eigenvalue weighted by Crippen LogP contribution is 2.18. The highest BCUT2D eigenvalue weighted by Gasteiger charge is 2.13. The smallest absolute Gasteiger partial charge is 0.240 e. The Morgan fingerprint density at radius 1 is 1.29 bits per heavy atom. The SMILES string of the molecule is Cc1cccc(-c2n[nH]c(=S)n2CC(=O)NCc2cn3cc(Cl)ccc3n2)c1. The summed E-state index contributed by atoms with van der Waals surface area (Å²) in [6, 6.07) is 11.5. The summed E-state index contributed by atoms with van der Waals surface area (Å²) in [5, 5.41) is 10.5. The minimum Gasteiger partial charge on any atom is -0.349 e. The topological polar surface area (TPSA) is 80.0 Å². The summed E-state index contributed by atoms with van der Waals surface area (Å²) in [6.07, 6.45) is 3.61. The third-order valence-electron chi connectivity index (χ3n) is 4.27. The van der Waals surface area contributed by atoms with Gasteiger partial charge in [0.1, 0.15) is 12.2 Å². The molecule has 4 aromatic rings. The monoisotopic (exact) mass is 412 g/mol. The lowest BCUT2D eigenvalue weighted by atomic mass is 10.1. The largest absolute Gasteiger partial charge is 0.349 e. The summed E-state index contributed by atoms with van der Waals surface area (Å²) in [5.74, 6) is 0.452. The summed E-state index contributed by atoms with van der Waals surface area (Å²) in [6.45, 7) is 2.38. The number of H-pyrrole nitrogens is 1. The van der Waals surface area contributed by atoms with Crippen molar-refractivity contribution in [2.24, 2.45) is 0 Å². The quantitative estimate of drug-likeness (QED) is 0.491. The summed E-state index contributed by atoms with van der Waals surface area (Å²) in [5.41, 5.74) is 3.52. The van der Waals surface area contributed by atoms with Crippen molar-refractivity contribution in [2.75, 3.05) is 0 Å². The lowest BCUT2D eigenvalue weighted by Crippen LogP contribution is -2.27. The number of aryl methyl sites for hydroxylation is 1. The van der Waals surface area contributed by atoms with Crippen LogP contribution < -0.4 is 5.32 Å². The second kappa shape index (κ2) is 7.57. The van der Waals surface area contributed by atoms with Crippen LogP contribution in [0.1, 0.15) is 11.3 Å². The molecule has 9 heteroatoms. The Balaban J connectivity index is 1.48. The molecule has 1 aromatic carbocycles. The molecule has 0 aliphatic rings. The van der Waals surface area contributed by atoms with E-state index in [0.717, 1.165) is 22.5 Å². The molecule has 4 rings (SSSR count). The maximum absolute atomic E-state index is 12.5. The third-order valence-corrected chi connectivity index (χ3v) is 4.80. The third kappa shape index (κ3) is 3.83. The van der Waals surface area contributed by atoms with Crippen LogP contribution in [0.4, 0.5) is 0 Å². The molecule has 7 nitrogen and oxygen atoms in total. The molecule has 0 unspecified atom stereocenters. The maximum atomic E-state index is 12.5. The summed E-state index contributed by atoms with van der Waals surface area (Å²) >= 11 is 11.3. The van der Waals surface area contributed by atoms with Crippen LogP contribution in [-0.4, -0.2) is 30.1 Å². The summed E-state index contributed by atoms with van der Waals surface area (Å²) < 4.78 is 3.91. The van der Waals surface area contributed by atoms with E-state index in [1.807, 2.05) is 47.9 Å². The molecule has 0 fully saturated rings. The van der Waals surface area contributed by atoms with Crippen molar-refractivity contribution < 1.29 is 4.79 Å². The number of amides is 1. The number of halogens is 1. The number of aromatic amines is 1. The van der Waals surface area contributed by atoms with E-state index in [1.54, 1.807) is 16.8 Å². The highest BCUT2D eigenvalue weighted by molar-refractivity contribution is 7.71. The van der Waals surface area contributed by atoms with Gasteiger partial charge in [-0.3, -0.25) is 14.5 Å². The van der Waals surface area contributed by atoms with Crippen molar-refractivity contribution in [3.8, 4) is 11.4 Å². The molecule has 3 heterocycles. The van der Waals surface area contributed by atoms with E-state index in [-0.39, 0.29) is 12.5 Å². The standard InChI is InChI=1S/C19H17ClN6OS/c1-12-3-2-4-13(7-12)18-23-24-19(28)26(18)11-17(27)21-8-15-10-25-9-14(20)5-6-16(25)22-15/h2-7,9-10H,8,11H2,1H3,(H,21,27)(H,24,28). The molecular weight excluding hydrogens is 396 g/mol. The predicted molar refractivity (Wildman–Crippen MR) is 110 cm³/mol. The normalized spacial score (nSPS) is 11.1. The van der Waals surface area contributed by atoms with E-state index in [4.69, 9.17) is 23.8 Å². The van der Waals surface area contributed by atoms with Gasteiger partial charge in [-0.25, -0.2) is 4.98 Å². The molecule has 0 aliphatic carbocycles. The van der Waals surface area contributed by atoms with Crippen molar-refractivity contribution in [1.29, 1.82) is 0 Å². The molecular formula is C19H17ClN6OS. The van der Waals surface area contributed by atoms with Crippen LogP contribution >= 0.6 is 23.8 Å². The Labute approximate surface area is 171 Å². The van der Waals surface area contributed by atoms with E-state index in [9.17, 15) is 4.79 Å². The number of nitrogens with zero attached hydrogens (tertiary/aromatic N) is 4. The van der Waals surface area contributed by atoms with Crippen molar-refractivity contribution in [2.45, 2.75) is 20.0 Å². The first-order chi connectivity index (χ1) is 13.5. The zero-order valence-corrected chi connectivity index (χ0v) is 16.6. The van der Waals surface area contributed by atoms with Gasteiger partial charge in [0.05, 0.1) is 17.3 Å². The summed E-state index contributed by atoms with van der Waals surface area (Å²) in [4.78, 5) is 16.9. The van der Waals surface area contributed by atoms with Crippen LogP contribution in [0.25, 0.3) is 17.0 Å². The summed E-state index contributed by atoms with van der Waals surface area (Å²) in [7, 11) is 0. The predicted octanol–water partition coefficient (Wildman–Crippen LogP) is 3.53. The number of imidazole rings is 1. The molecule has 0 aliphatic heterocycles. The van der Waals surface area contributed by atoms with E-state index in [2.05, 4.69) is 20.5 Å². The van der Waals surface area contributed by atoms with Crippen molar-refractivity contribution in [3.63, 3.8) is 0 Å². The van der Waals surface area contributed by atoms with Gasteiger partial charge in [0.25, 0.3) is 0 Å². The number of hydrogen-bond donors (Lipinski definition) is 2. The molecule has 0 atom stereocenters. The first-order valence-electron chi connectivity index (χ1n) is 8.62. The zero-order valence-electron chi connectivity index (χ0n) is 15.0. The zero-order chi connectivity index (χ0) is 19.7. The number of rotatable bonds is 5. The van der Waals surface area contributed by atoms with Crippen LogP contribution in [0, 0.1) is 11.7 Å². The molecule has 142 valence electrons. The molecule has 0 spiro atoms. The van der Waals surface area contributed by atoms with Gasteiger partial charge < -0.3 is 9.72 Å². The molecule has 0 saturated carbocycles. The van der Waals surface area contributed by atoms with Crippen LogP contribution in [0.3, 0.4) is 0 Å². The molecule has 0 radical (unpaired) electrons. The first-order valence-corrected chi connectivity index (χ1v) is 9.40. The number of carbonyl (C=O) groups is 1. The highest BCUT2D eigenvalue weighted by atomic mass is 35.5. The number of aromatic nitrogens is 5. The number of fused-ring (bicyclic) bond motifs is 1. The number of hydrogen-bond acceptors (Lipinski definition) is 4. The van der Waals surface area contributed by atoms with Crippen LogP contribution in [0.5, 0.6) is 0 Å². The van der Waals surface area contributed by atoms with Gasteiger partial charge in [0, 0.05) is 18.0 Å². The average molecular weight is 413 g/mol. The number of carbonyl (C=O) groups excluding carboxylic acids is 1. The number of nitrogens with one attached hydrogen (secondary N) is 2. The number of pyridine rings is 1. The van der Waals surface area contributed by atoms with Crippen LogP contribution in [-0.2, 0) is 17.9 Å². The van der Waals surface area contributed by atoms with Crippen LogP contribution in [0.15, 0.2) is 48.8 Å². The Hall–Kier alpha value is -2.97. The fourth-order valence-electron chi connectivity index (χ4n) is 2.96. The van der Waals surface area contributed by atoms with Gasteiger partial charge in [-0.1, -0.05) is 35.4 Å². The van der Waals surface area contributed by atoms with Crippen molar-refractivity contribution in [3.05, 3.63) is 69.8 Å². The fraction of sp³-hybridized carbons (Fsp3) is 0.158. The van der Waals surface area contributed by atoms with Gasteiger partial charge in [-0.05, 0) is 37.3 Å². The maximum Gasteiger partial charge on any atom is 0.240 e. The number of benzene rings is 1. The fourth-order valence-corrected chi connectivity index (χ4v) is 3.32. The Morgan fingerprint density at radius 2 is 2.14 bits per heavy atom. The first kappa shape index (κ1) is 18.4. The molecule has 28 heavy (non-hydrogen) atoms. The van der Waals surface area contributed by atoms with Gasteiger partial charge >= 0.3 is 0 Å². The van der Waals surface area contributed by atoms with Crippen molar-refractivity contribution in [1.82, 2.24) is 29.5 Å². The van der Waals surface area contributed by atoms with Gasteiger partial charge in [0.2, 0.25) is 5.91 Å². The lowest BCUT2D eigenvalue weighted by Gasteiger charge is -2.08. The molecule has 0 bridgehead atoms. The van der Waals surface area contributed by atoms with E-state index >= 15 is 0 Å². The van der Waals surface area contributed by atoms with Gasteiger partial charge in [-0.2, -0.15) is 5.10 Å². The molecule has 0 saturated heterocycles. The second-order valence-electron chi connectivity index (χ2n) is 6.43. The Bertz CT molecular complexity index is 1220. The van der Waals surface area contributed by atoms with Crippen LogP contribution in [0.2, 0.25) is 5.02 Å². The van der Waals surface area contributed by atoms with E-state index in [1.165, 1.54) is 0 Å². The van der Waals surface area contributed by atoms with Crippen molar-refractivity contribution >= 4 is 35.4 Å². The van der Waals surface area contributed by atoms with Gasteiger partial charge in [-0.15, -0.1) is 0 Å². The lowest BCUT2D eigenvalue weighted by molar-refractivity contribution is -0.121. The Morgan fingerprint density at radius 3 is 2.96 bits per heavy atom. The second-order valence-corrected chi connectivity index (χ2v) is 7.25. The molecule has 3 aromatic heterocycles. The van der Waals surface area contributed by atoms with E-state index in [0.29, 0.717) is 22.2 Å². The van der Waals surface area contributed by atoms with E-state index < -0.39 is 0 Å². The molecule has 1 amide bonds. The minimum absolute atomic E-state index is 0.0673.